The third-order valence-electron chi connectivity index (χ3n) is 5.72. The fourth-order valence-electron chi connectivity index (χ4n) is 3.64. The number of benzene rings is 1. The Morgan fingerprint density at radius 2 is 2.03 bits per heavy atom. The second kappa shape index (κ2) is 11.7. The number of anilines is 1. The molecule has 7 nitrogen and oxygen atoms in total. The Morgan fingerprint density at radius 1 is 1.29 bits per heavy atom. The molecular formula is C26H31ClN6O. The molecule has 1 amide bonds. The molecule has 1 aliphatic rings. The number of carbonyl (C=O) groups excluding carboxylic acids is 1. The first-order chi connectivity index (χ1) is 16.3. The van der Waals surface area contributed by atoms with E-state index < -0.39 is 6.04 Å². The van der Waals surface area contributed by atoms with Crippen LogP contribution in [-0.2, 0) is 4.79 Å². The third-order valence-corrected chi connectivity index (χ3v) is 6.02. The fraction of sp³-hybridized carbons (Fsp3) is 0.346. The molecule has 3 rings (SSSR count). The van der Waals surface area contributed by atoms with Crippen molar-refractivity contribution in [2.75, 3.05) is 38.1 Å². The van der Waals surface area contributed by atoms with Crippen LogP contribution in [0, 0.1) is 11.3 Å². The van der Waals surface area contributed by atoms with Crippen molar-refractivity contribution in [2.24, 2.45) is 0 Å². The SMILES string of the molecule is C\C=C/C=C(\C=C(/C)C(=O)NC(C)C#N)c1cc(-c2ccc(N3CCN(C)CC3)c(Cl)c2)[nH]n1. The predicted octanol–water partition coefficient (Wildman–Crippen LogP) is 4.42. The topological polar surface area (TPSA) is 88.0 Å². The number of nitrogens with zero attached hydrogens (tertiary/aromatic N) is 4. The molecule has 1 saturated heterocycles. The van der Waals surface area contributed by atoms with E-state index in [0.29, 0.717) is 16.3 Å². The number of aromatic nitrogens is 2. The molecule has 1 atom stereocenters. The maximum atomic E-state index is 12.4. The van der Waals surface area contributed by atoms with Crippen molar-refractivity contribution in [3.05, 3.63) is 64.9 Å². The van der Waals surface area contributed by atoms with Crippen molar-refractivity contribution >= 4 is 28.8 Å². The lowest BCUT2D eigenvalue weighted by molar-refractivity contribution is -0.117. The summed E-state index contributed by atoms with van der Waals surface area (Å²) in [6.07, 6.45) is 7.47. The molecule has 0 spiro atoms. The molecule has 0 radical (unpaired) electrons. The van der Waals surface area contributed by atoms with Crippen LogP contribution < -0.4 is 10.2 Å². The first-order valence-electron chi connectivity index (χ1n) is 11.3. The van der Waals surface area contributed by atoms with E-state index >= 15 is 0 Å². The average Bonchev–Trinajstić information content (AvgIpc) is 3.32. The maximum absolute atomic E-state index is 12.4. The summed E-state index contributed by atoms with van der Waals surface area (Å²) in [5, 5.41) is 19.9. The van der Waals surface area contributed by atoms with E-state index in [1.165, 1.54) is 0 Å². The van der Waals surface area contributed by atoms with Crippen LogP contribution >= 0.6 is 11.6 Å². The standard InChI is InChI=1S/C26H31ClN6O/c1-5-6-7-20(14-18(2)26(34)29-19(3)17-28)23-16-24(31-30-23)21-8-9-25(22(27)15-21)33-12-10-32(4)11-13-33/h5-9,14-16,19H,10-13H2,1-4H3,(H,29,34)(H,30,31)/b6-5-,18-14+,20-7+. The van der Waals surface area contributed by atoms with Crippen molar-refractivity contribution in [2.45, 2.75) is 26.8 Å². The zero-order valence-electron chi connectivity index (χ0n) is 20.1. The molecule has 2 heterocycles. The molecule has 2 N–H and O–H groups in total. The number of nitriles is 1. The summed E-state index contributed by atoms with van der Waals surface area (Å²) in [7, 11) is 2.13. The number of rotatable bonds is 7. The Morgan fingerprint density at radius 3 is 2.68 bits per heavy atom. The van der Waals surface area contributed by atoms with Crippen molar-refractivity contribution in [1.82, 2.24) is 20.4 Å². The number of carbonyl (C=O) groups is 1. The summed E-state index contributed by atoms with van der Waals surface area (Å²) in [4.78, 5) is 17.0. The lowest BCUT2D eigenvalue weighted by Crippen LogP contribution is -2.44. The third kappa shape index (κ3) is 6.37. The van der Waals surface area contributed by atoms with Crippen LogP contribution in [0.15, 0.2) is 54.1 Å². The van der Waals surface area contributed by atoms with Gasteiger partial charge in [-0.3, -0.25) is 9.89 Å². The Balaban J connectivity index is 1.84. The highest BCUT2D eigenvalue weighted by molar-refractivity contribution is 6.33. The Bertz CT molecular complexity index is 1150. The van der Waals surface area contributed by atoms with Crippen molar-refractivity contribution < 1.29 is 4.79 Å². The zero-order chi connectivity index (χ0) is 24.7. The minimum Gasteiger partial charge on any atom is -0.368 e. The van der Waals surface area contributed by atoms with E-state index in [2.05, 4.69) is 38.4 Å². The zero-order valence-corrected chi connectivity index (χ0v) is 20.9. The van der Waals surface area contributed by atoms with Gasteiger partial charge in [0.25, 0.3) is 0 Å². The van der Waals surface area contributed by atoms with E-state index in [4.69, 9.17) is 16.9 Å². The lowest BCUT2D eigenvalue weighted by atomic mass is 10.1. The molecule has 1 unspecified atom stereocenters. The molecule has 0 aliphatic carbocycles. The van der Waals surface area contributed by atoms with Crippen LogP contribution in [-0.4, -0.2) is 60.3 Å². The van der Waals surface area contributed by atoms with E-state index in [-0.39, 0.29) is 5.91 Å². The maximum Gasteiger partial charge on any atom is 0.247 e. The smallest absolute Gasteiger partial charge is 0.247 e. The first-order valence-corrected chi connectivity index (χ1v) is 11.7. The van der Waals surface area contributed by atoms with Gasteiger partial charge in [-0.05, 0) is 52.1 Å². The summed E-state index contributed by atoms with van der Waals surface area (Å²) in [5.41, 5.74) is 4.78. The van der Waals surface area contributed by atoms with Gasteiger partial charge < -0.3 is 15.1 Å². The Hall–Kier alpha value is -3.34. The van der Waals surface area contributed by atoms with Crippen molar-refractivity contribution in [3.8, 4) is 17.3 Å². The molecule has 1 aliphatic heterocycles. The van der Waals surface area contributed by atoms with Crippen LogP contribution in [0.5, 0.6) is 0 Å². The van der Waals surface area contributed by atoms with E-state index in [1.54, 1.807) is 19.9 Å². The summed E-state index contributed by atoms with van der Waals surface area (Å²) < 4.78 is 0. The number of aromatic amines is 1. The molecule has 1 aromatic heterocycles. The van der Waals surface area contributed by atoms with Gasteiger partial charge in [0.05, 0.1) is 28.2 Å². The average molecular weight is 479 g/mol. The molecule has 2 aromatic rings. The number of hydrogen-bond acceptors (Lipinski definition) is 5. The number of halogens is 1. The van der Waals surface area contributed by atoms with Crippen LogP contribution in [0.2, 0.25) is 5.02 Å². The predicted molar refractivity (Wildman–Crippen MR) is 139 cm³/mol. The minimum atomic E-state index is -0.561. The molecule has 0 saturated carbocycles. The highest BCUT2D eigenvalue weighted by atomic mass is 35.5. The van der Waals surface area contributed by atoms with Gasteiger partial charge >= 0.3 is 0 Å². The van der Waals surface area contributed by atoms with Gasteiger partial charge in [-0.25, -0.2) is 0 Å². The number of amides is 1. The monoisotopic (exact) mass is 478 g/mol. The van der Waals surface area contributed by atoms with Crippen LogP contribution in [0.3, 0.4) is 0 Å². The van der Waals surface area contributed by atoms with E-state index in [0.717, 1.165) is 48.7 Å². The summed E-state index contributed by atoms with van der Waals surface area (Å²) in [6, 6.07) is 9.45. The van der Waals surface area contributed by atoms with Gasteiger partial charge in [-0.2, -0.15) is 10.4 Å². The lowest BCUT2D eigenvalue weighted by Gasteiger charge is -2.34. The summed E-state index contributed by atoms with van der Waals surface area (Å²) in [5.74, 6) is -0.289. The van der Waals surface area contributed by atoms with Gasteiger partial charge in [0.1, 0.15) is 6.04 Å². The van der Waals surface area contributed by atoms with E-state index in [9.17, 15) is 4.79 Å². The fourth-order valence-corrected chi connectivity index (χ4v) is 3.94. The molecule has 8 heteroatoms. The highest BCUT2D eigenvalue weighted by Crippen LogP contribution is 2.32. The quantitative estimate of drug-likeness (QED) is 0.454. The summed E-state index contributed by atoms with van der Waals surface area (Å²) in [6.45, 7) is 9.22. The second-order valence-electron chi connectivity index (χ2n) is 8.42. The largest absolute Gasteiger partial charge is 0.368 e. The van der Waals surface area contributed by atoms with Gasteiger partial charge in [0.2, 0.25) is 5.91 Å². The van der Waals surface area contributed by atoms with Gasteiger partial charge in [-0.15, -0.1) is 0 Å². The number of piperazine rings is 1. The van der Waals surface area contributed by atoms with Gasteiger partial charge in [-0.1, -0.05) is 35.9 Å². The van der Waals surface area contributed by atoms with Crippen molar-refractivity contribution in [1.29, 1.82) is 5.26 Å². The number of allylic oxidation sites excluding steroid dienone is 5. The normalized spacial score (nSPS) is 16.5. The van der Waals surface area contributed by atoms with E-state index in [1.807, 2.05) is 49.4 Å². The van der Waals surface area contributed by atoms with Crippen LogP contribution in [0.25, 0.3) is 16.8 Å². The number of H-pyrrole nitrogens is 1. The number of hydrogen-bond donors (Lipinski definition) is 2. The summed E-state index contributed by atoms with van der Waals surface area (Å²) >= 11 is 6.66. The molecule has 0 bridgehead atoms. The van der Waals surface area contributed by atoms with Gasteiger partial charge in [0, 0.05) is 42.9 Å². The van der Waals surface area contributed by atoms with Crippen LogP contribution in [0.4, 0.5) is 5.69 Å². The Labute approximate surface area is 206 Å². The minimum absolute atomic E-state index is 0.289. The molecule has 178 valence electrons. The molecular weight excluding hydrogens is 448 g/mol. The molecule has 1 aromatic carbocycles. The second-order valence-corrected chi connectivity index (χ2v) is 8.83. The highest BCUT2D eigenvalue weighted by Gasteiger charge is 2.18. The van der Waals surface area contributed by atoms with Gasteiger partial charge in [0.15, 0.2) is 0 Å². The number of likely N-dealkylation sites (N-methyl/N-ethyl adjacent to an activating group) is 1. The Kier molecular flexibility index (Phi) is 8.69. The van der Waals surface area contributed by atoms with Crippen LogP contribution in [0.1, 0.15) is 26.5 Å². The molecule has 1 fully saturated rings. The van der Waals surface area contributed by atoms with Crippen molar-refractivity contribution in [3.63, 3.8) is 0 Å². The first kappa shape index (κ1) is 25.3. The molecule has 34 heavy (non-hydrogen) atoms. The number of nitrogens with one attached hydrogen (secondary N) is 2.